The third-order valence-electron chi connectivity index (χ3n) is 4.03. The summed E-state index contributed by atoms with van der Waals surface area (Å²) in [5.41, 5.74) is -1.67. The van der Waals surface area contributed by atoms with Gasteiger partial charge in [-0.25, -0.2) is 18.5 Å². The number of aromatic nitrogens is 3. The molecule has 0 aliphatic heterocycles. The Bertz CT molecular complexity index is 930. The van der Waals surface area contributed by atoms with Crippen molar-refractivity contribution in [1.82, 2.24) is 14.3 Å². The van der Waals surface area contributed by atoms with Gasteiger partial charge in [-0.05, 0) is 26.3 Å². The second-order valence-electron chi connectivity index (χ2n) is 6.26. The zero-order valence-corrected chi connectivity index (χ0v) is 16.9. The topological polar surface area (TPSA) is 75.3 Å². The number of alkyl halides is 2. The number of carbonyl (C=O) groups is 1. The maximum atomic E-state index is 14.3. The van der Waals surface area contributed by atoms with Crippen LogP contribution in [0.1, 0.15) is 45.5 Å². The van der Waals surface area contributed by atoms with Crippen LogP contribution in [0.4, 0.5) is 13.2 Å². The second-order valence-corrected chi connectivity index (χ2v) is 6.67. The molecule has 0 fully saturated rings. The number of halogens is 4. The smallest absolute Gasteiger partial charge is 0.355 e. The minimum Gasteiger partial charge on any atom is -0.477 e. The molecule has 1 unspecified atom stereocenters. The van der Waals surface area contributed by atoms with Gasteiger partial charge in [0.1, 0.15) is 17.3 Å². The molecule has 11 heteroatoms. The SMILES string of the molecule is CCCCCOC(=O)C(C)Oc1cc(-n2nc(C)n(C(F)F)c2=O)c(F)cc1Cl. The summed E-state index contributed by atoms with van der Waals surface area (Å²) in [6, 6.07) is 1.86. The Kier molecular flexibility index (Phi) is 7.72. The second kappa shape index (κ2) is 9.82. The number of hydrogen-bond acceptors (Lipinski definition) is 5. The van der Waals surface area contributed by atoms with Crippen molar-refractivity contribution in [2.24, 2.45) is 0 Å². The van der Waals surface area contributed by atoms with Crippen LogP contribution in [0, 0.1) is 12.7 Å². The van der Waals surface area contributed by atoms with Gasteiger partial charge in [-0.3, -0.25) is 0 Å². The largest absolute Gasteiger partial charge is 0.477 e. The Morgan fingerprint density at radius 2 is 2.00 bits per heavy atom. The molecule has 0 saturated carbocycles. The minimum atomic E-state index is -3.13. The van der Waals surface area contributed by atoms with Crippen molar-refractivity contribution in [2.75, 3.05) is 6.61 Å². The number of benzene rings is 1. The number of aryl methyl sites for hydroxylation is 1. The molecule has 0 saturated heterocycles. The summed E-state index contributed by atoms with van der Waals surface area (Å²) in [7, 11) is 0. The third kappa shape index (κ3) is 5.31. The summed E-state index contributed by atoms with van der Waals surface area (Å²) in [6.45, 7) is 1.72. The molecule has 0 N–H and O–H groups in total. The number of nitrogens with zero attached hydrogens (tertiary/aromatic N) is 3. The van der Waals surface area contributed by atoms with E-state index in [4.69, 9.17) is 21.1 Å². The number of carbonyl (C=O) groups excluding carboxylic acids is 1. The highest BCUT2D eigenvalue weighted by atomic mass is 35.5. The van der Waals surface area contributed by atoms with E-state index in [1.165, 1.54) is 13.8 Å². The highest BCUT2D eigenvalue weighted by Gasteiger charge is 2.23. The van der Waals surface area contributed by atoms with Crippen molar-refractivity contribution in [3.05, 3.63) is 39.3 Å². The summed E-state index contributed by atoms with van der Waals surface area (Å²) in [5.74, 6) is -2.04. The predicted octanol–water partition coefficient (Wildman–Crippen LogP) is 4.03. The first-order chi connectivity index (χ1) is 13.7. The summed E-state index contributed by atoms with van der Waals surface area (Å²) >= 11 is 5.96. The standard InChI is InChI=1S/C18H21ClF3N3O4/c1-4-5-6-7-28-16(26)10(2)29-15-9-14(13(20)8-12(15)19)25-18(27)24(17(21)22)11(3)23-25/h8-10,17H,4-7H2,1-3H3. The van der Waals surface area contributed by atoms with Crippen LogP contribution < -0.4 is 10.4 Å². The van der Waals surface area contributed by atoms with Gasteiger partial charge in [-0.1, -0.05) is 31.4 Å². The van der Waals surface area contributed by atoms with Crippen molar-refractivity contribution >= 4 is 17.6 Å². The van der Waals surface area contributed by atoms with Gasteiger partial charge >= 0.3 is 18.2 Å². The first kappa shape index (κ1) is 22.8. The van der Waals surface area contributed by atoms with E-state index >= 15 is 0 Å². The van der Waals surface area contributed by atoms with Crippen LogP contribution in [0.15, 0.2) is 16.9 Å². The lowest BCUT2D eigenvalue weighted by molar-refractivity contribution is -0.151. The van der Waals surface area contributed by atoms with Crippen molar-refractivity contribution in [1.29, 1.82) is 0 Å². The highest BCUT2D eigenvalue weighted by molar-refractivity contribution is 6.32. The molecule has 29 heavy (non-hydrogen) atoms. The van der Waals surface area contributed by atoms with E-state index in [9.17, 15) is 22.8 Å². The predicted molar refractivity (Wildman–Crippen MR) is 99.4 cm³/mol. The van der Waals surface area contributed by atoms with Crippen molar-refractivity contribution < 1.29 is 27.4 Å². The maximum Gasteiger partial charge on any atom is 0.355 e. The van der Waals surface area contributed by atoms with Crippen molar-refractivity contribution in [2.45, 2.75) is 52.7 Å². The van der Waals surface area contributed by atoms with E-state index in [0.29, 0.717) is 11.1 Å². The fourth-order valence-corrected chi connectivity index (χ4v) is 2.70. The molecule has 7 nitrogen and oxygen atoms in total. The van der Waals surface area contributed by atoms with Crippen LogP contribution in [-0.2, 0) is 9.53 Å². The monoisotopic (exact) mass is 435 g/mol. The maximum absolute atomic E-state index is 14.3. The van der Waals surface area contributed by atoms with Gasteiger partial charge in [0.05, 0.1) is 11.6 Å². The normalized spacial score (nSPS) is 12.3. The zero-order chi connectivity index (χ0) is 21.7. The van der Waals surface area contributed by atoms with Crippen molar-refractivity contribution in [3.8, 4) is 11.4 Å². The number of unbranched alkanes of at least 4 members (excludes halogenated alkanes) is 2. The van der Waals surface area contributed by atoms with Crippen LogP contribution in [0.2, 0.25) is 5.02 Å². The van der Waals surface area contributed by atoms with Gasteiger partial charge in [0.25, 0.3) is 0 Å². The van der Waals surface area contributed by atoms with Crippen LogP contribution in [-0.4, -0.2) is 33.0 Å². The molecule has 0 aliphatic carbocycles. The van der Waals surface area contributed by atoms with Gasteiger partial charge in [-0.2, -0.15) is 13.5 Å². The molecule has 0 radical (unpaired) electrons. The number of ether oxygens (including phenoxy) is 2. The first-order valence-electron chi connectivity index (χ1n) is 8.96. The quantitative estimate of drug-likeness (QED) is 0.439. The Labute approximate surface area is 170 Å². The molecule has 0 bridgehead atoms. The molecule has 0 aliphatic rings. The fourth-order valence-electron chi connectivity index (χ4n) is 2.51. The molecule has 2 aromatic rings. The average Bonchev–Trinajstić information content (AvgIpc) is 2.94. The Morgan fingerprint density at radius 3 is 2.59 bits per heavy atom. The lowest BCUT2D eigenvalue weighted by Gasteiger charge is -2.16. The summed E-state index contributed by atoms with van der Waals surface area (Å²) in [5, 5.41) is 3.49. The lowest BCUT2D eigenvalue weighted by Crippen LogP contribution is -2.27. The van der Waals surface area contributed by atoms with E-state index in [1.54, 1.807) is 0 Å². The third-order valence-corrected chi connectivity index (χ3v) is 4.33. The fraction of sp³-hybridized carbons (Fsp3) is 0.500. The average molecular weight is 436 g/mol. The zero-order valence-electron chi connectivity index (χ0n) is 16.1. The van der Waals surface area contributed by atoms with E-state index in [1.807, 2.05) is 6.92 Å². The molecular formula is C18H21ClF3N3O4. The van der Waals surface area contributed by atoms with Gasteiger partial charge in [0.15, 0.2) is 11.9 Å². The van der Waals surface area contributed by atoms with Crippen LogP contribution in [0.25, 0.3) is 5.69 Å². The van der Waals surface area contributed by atoms with Gasteiger partial charge < -0.3 is 9.47 Å². The molecule has 0 spiro atoms. The van der Waals surface area contributed by atoms with Crippen LogP contribution >= 0.6 is 11.6 Å². The molecule has 1 aromatic carbocycles. The number of hydrogen-bond donors (Lipinski definition) is 0. The molecule has 2 rings (SSSR count). The van der Waals surface area contributed by atoms with Gasteiger partial charge in [0, 0.05) is 6.07 Å². The van der Waals surface area contributed by atoms with Gasteiger partial charge in [-0.15, -0.1) is 5.10 Å². The summed E-state index contributed by atoms with van der Waals surface area (Å²) < 4.78 is 51.4. The minimum absolute atomic E-state index is 0.116. The van der Waals surface area contributed by atoms with Crippen molar-refractivity contribution in [3.63, 3.8) is 0 Å². The summed E-state index contributed by atoms with van der Waals surface area (Å²) in [6.07, 6.45) is 1.53. The van der Waals surface area contributed by atoms with Crippen LogP contribution in [0.5, 0.6) is 5.75 Å². The van der Waals surface area contributed by atoms with E-state index in [2.05, 4.69) is 5.10 Å². The first-order valence-corrected chi connectivity index (χ1v) is 9.34. The Morgan fingerprint density at radius 1 is 1.31 bits per heavy atom. The number of esters is 1. The molecule has 1 aromatic heterocycles. The van der Waals surface area contributed by atoms with Crippen LogP contribution in [0.3, 0.4) is 0 Å². The highest BCUT2D eigenvalue weighted by Crippen LogP contribution is 2.30. The molecular weight excluding hydrogens is 415 g/mol. The Hall–Kier alpha value is -2.49. The van der Waals surface area contributed by atoms with Gasteiger partial charge in [0.2, 0.25) is 0 Å². The van der Waals surface area contributed by atoms with E-state index in [0.717, 1.165) is 25.0 Å². The van der Waals surface area contributed by atoms with E-state index < -0.39 is 35.8 Å². The number of rotatable bonds is 9. The molecule has 1 atom stereocenters. The summed E-state index contributed by atoms with van der Waals surface area (Å²) in [4.78, 5) is 24.2. The molecule has 160 valence electrons. The lowest BCUT2D eigenvalue weighted by atomic mass is 10.2. The van der Waals surface area contributed by atoms with E-state index in [-0.39, 0.29) is 27.8 Å². The molecule has 1 heterocycles. The Balaban J connectivity index is 2.27. The molecule has 0 amide bonds.